The fraction of sp³-hybridized carbons (Fsp3) is 0.333. The van der Waals surface area contributed by atoms with Crippen LogP contribution in [0.15, 0.2) is 21.6 Å². The SMILES string of the molecule is CN(C)c1nnc(Sc2nnccc2CN)s1. The molecule has 6 nitrogen and oxygen atoms in total. The molecule has 0 saturated heterocycles. The third kappa shape index (κ3) is 2.90. The van der Waals surface area contributed by atoms with Crippen molar-refractivity contribution in [3.05, 3.63) is 17.8 Å². The maximum atomic E-state index is 5.64. The minimum Gasteiger partial charge on any atom is -0.353 e. The monoisotopic (exact) mass is 268 g/mol. The summed E-state index contributed by atoms with van der Waals surface area (Å²) in [4.78, 5) is 1.92. The van der Waals surface area contributed by atoms with Crippen molar-refractivity contribution in [2.24, 2.45) is 5.73 Å². The number of nitrogens with zero attached hydrogens (tertiary/aromatic N) is 5. The van der Waals surface area contributed by atoms with Gasteiger partial charge in [-0.25, -0.2) is 0 Å². The fourth-order valence-corrected chi connectivity index (χ4v) is 2.84. The average molecular weight is 268 g/mol. The summed E-state index contributed by atoms with van der Waals surface area (Å²) in [7, 11) is 3.87. The lowest BCUT2D eigenvalue weighted by Gasteiger charge is -2.04. The largest absolute Gasteiger partial charge is 0.353 e. The van der Waals surface area contributed by atoms with Crippen molar-refractivity contribution in [1.29, 1.82) is 0 Å². The Morgan fingerprint density at radius 3 is 2.82 bits per heavy atom. The van der Waals surface area contributed by atoms with Gasteiger partial charge in [0.15, 0.2) is 4.34 Å². The molecule has 2 aromatic rings. The molecule has 0 unspecified atom stereocenters. The van der Waals surface area contributed by atoms with E-state index in [0.717, 1.165) is 20.1 Å². The number of nitrogens with two attached hydrogens (primary N) is 1. The van der Waals surface area contributed by atoms with Crippen molar-refractivity contribution < 1.29 is 0 Å². The molecule has 0 aromatic carbocycles. The predicted molar refractivity (Wildman–Crippen MR) is 68.3 cm³/mol. The van der Waals surface area contributed by atoms with E-state index in [0.29, 0.717) is 6.54 Å². The molecule has 8 heteroatoms. The molecule has 0 bridgehead atoms. The van der Waals surface area contributed by atoms with Crippen LogP contribution in [-0.4, -0.2) is 34.5 Å². The number of hydrogen-bond acceptors (Lipinski definition) is 8. The summed E-state index contributed by atoms with van der Waals surface area (Å²) in [6.07, 6.45) is 1.64. The molecule has 0 atom stereocenters. The Hall–Kier alpha value is -1.25. The van der Waals surface area contributed by atoms with Gasteiger partial charge >= 0.3 is 0 Å². The highest BCUT2D eigenvalue weighted by molar-refractivity contribution is 8.01. The summed E-state index contributed by atoms with van der Waals surface area (Å²) in [6.45, 7) is 0.442. The Morgan fingerprint density at radius 1 is 1.35 bits per heavy atom. The highest BCUT2D eigenvalue weighted by Gasteiger charge is 2.10. The van der Waals surface area contributed by atoms with Gasteiger partial charge in [0, 0.05) is 32.4 Å². The molecule has 2 heterocycles. The fourth-order valence-electron chi connectivity index (χ4n) is 1.09. The first-order chi connectivity index (χ1) is 8.20. The summed E-state index contributed by atoms with van der Waals surface area (Å²) < 4.78 is 0.837. The summed E-state index contributed by atoms with van der Waals surface area (Å²) in [5, 5.41) is 17.7. The van der Waals surface area contributed by atoms with Gasteiger partial charge in [-0.2, -0.15) is 5.10 Å². The van der Waals surface area contributed by atoms with E-state index in [1.807, 2.05) is 25.1 Å². The zero-order valence-corrected chi connectivity index (χ0v) is 11.1. The zero-order valence-electron chi connectivity index (χ0n) is 9.49. The number of rotatable bonds is 4. The molecule has 0 aliphatic carbocycles. The number of hydrogen-bond donors (Lipinski definition) is 1. The van der Waals surface area contributed by atoms with Crippen molar-refractivity contribution >= 4 is 28.2 Å². The molecular formula is C9H12N6S2. The molecule has 0 radical (unpaired) electrons. The highest BCUT2D eigenvalue weighted by atomic mass is 32.2. The summed E-state index contributed by atoms with van der Waals surface area (Å²) in [6, 6.07) is 1.86. The maximum Gasteiger partial charge on any atom is 0.208 e. The number of aromatic nitrogens is 4. The normalized spacial score (nSPS) is 10.5. The Balaban J connectivity index is 2.19. The van der Waals surface area contributed by atoms with Crippen LogP contribution in [-0.2, 0) is 6.54 Å². The average Bonchev–Trinajstić information content (AvgIpc) is 2.78. The van der Waals surface area contributed by atoms with Crippen LogP contribution in [0.3, 0.4) is 0 Å². The van der Waals surface area contributed by atoms with Crippen molar-refractivity contribution in [3.63, 3.8) is 0 Å². The minimum atomic E-state index is 0.442. The molecule has 17 heavy (non-hydrogen) atoms. The highest BCUT2D eigenvalue weighted by Crippen LogP contribution is 2.32. The van der Waals surface area contributed by atoms with E-state index >= 15 is 0 Å². The van der Waals surface area contributed by atoms with Crippen molar-refractivity contribution in [1.82, 2.24) is 20.4 Å². The van der Waals surface area contributed by atoms with Gasteiger partial charge in [0.25, 0.3) is 0 Å². The standard InChI is InChI=1S/C9H12N6S2/c1-15(2)8-13-14-9(17-8)16-7-6(5-10)3-4-11-12-7/h3-4H,5,10H2,1-2H3. The maximum absolute atomic E-state index is 5.64. The van der Waals surface area contributed by atoms with E-state index in [1.54, 1.807) is 6.20 Å². The van der Waals surface area contributed by atoms with Crippen LogP contribution in [0.1, 0.15) is 5.56 Å². The van der Waals surface area contributed by atoms with Crippen LogP contribution in [0.4, 0.5) is 5.13 Å². The third-order valence-corrected chi connectivity index (χ3v) is 4.13. The first-order valence-corrected chi connectivity index (χ1v) is 6.53. The van der Waals surface area contributed by atoms with Gasteiger partial charge in [-0.3, -0.25) is 0 Å². The smallest absolute Gasteiger partial charge is 0.208 e. The molecule has 0 aliphatic heterocycles. The van der Waals surface area contributed by atoms with Gasteiger partial charge in [0.1, 0.15) is 5.03 Å². The van der Waals surface area contributed by atoms with Crippen LogP contribution < -0.4 is 10.6 Å². The summed E-state index contributed by atoms with van der Waals surface area (Å²) in [5.41, 5.74) is 6.60. The lowest BCUT2D eigenvalue weighted by atomic mass is 10.3. The lowest BCUT2D eigenvalue weighted by molar-refractivity contribution is 0.864. The quantitative estimate of drug-likeness (QED) is 0.886. The van der Waals surface area contributed by atoms with Crippen LogP contribution in [0.2, 0.25) is 0 Å². The summed E-state index contributed by atoms with van der Waals surface area (Å²) in [5.74, 6) is 0. The second-order valence-electron chi connectivity index (χ2n) is 3.41. The van der Waals surface area contributed by atoms with E-state index in [2.05, 4.69) is 20.4 Å². The van der Waals surface area contributed by atoms with Crippen molar-refractivity contribution in [3.8, 4) is 0 Å². The molecule has 0 amide bonds. The van der Waals surface area contributed by atoms with Gasteiger partial charge in [-0.15, -0.1) is 15.3 Å². The Bertz CT molecular complexity index is 498. The summed E-state index contributed by atoms with van der Waals surface area (Å²) >= 11 is 2.95. The van der Waals surface area contributed by atoms with E-state index in [4.69, 9.17) is 5.73 Å². The molecular weight excluding hydrogens is 256 g/mol. The molecule has 90 valence electrons. The molecule has 0 aliphatic rings. The van der Waals surface area contributed by atoms with Crippen LogP contribution in [0.25, 0.3) is 0 Å². The second kappa shape index (κ2) is 5.39. The molecule has 0 spiro atoms. The lowest BCUT2D eigenvalue weighted by Crippen LogP contribution is -2.07. The van der Waals surface area contributed by atoms with Gasteiger partial charge in [-0.05, 0) is 17.8 Å². The first-order valence-electron chi connectivity index (χ1n) is 4.90. The van der Waals surface area contributed by atoms with Crippen LogP contribution in [0.5, 0.6) is 0 Å². The van der Waals surface area contributed by atoms with E-state index < -0.39 is 0 Å². The van der Waals surface area contributed by atoms with Gasteiger partial charge in [0.05, 0.1) is 0 Å². The zero-order chi connectivity index (χ0) is 12.3. The number of anilines is 1. The van der Waals surface area contributed by atoms with Crippen molar-refractivity contribution in [2.75, 3.05) is 19.0 Å². The molecule has 0 saturated carbocycles. The predicted octanol–water partition coefficient (Wildman–Crippen LogP) is 1.00. The minimum absolute atomic E-state index is 0.442. The Morgan fingerprint density at radius 2 is 2.18 bits per heavy atom. The van der Waals surface area contributed by atoms with E-state index in [-0.39, 0.29) is 0 Å². The van der Waals surface area contributed by atoms with Gasteiger partial charge in [-0.1, -0.05) is 11.3 Å². The van der Waals surface area contributed by atoms with E-state index in [1.165, 1.54) is 23.1 Å². The Kier molecular flexibility index (Phi) is 3.87. The molecule has 0 fully saturated rings. The van der Waals surface area contributed by atoms with Crippen molar-refractivity contribution in [2.45, 2.75) is 15.9 Å². The first kappa shape index (κ1) is 12.2. The van der Waals surface area contributed by atoms with Gasteiger partial charge < -0.3 is 10.6 Å². The van der Waals surface area contributed by atoms with Crippen LogP contribution >= 0.6 is 23.1 Å². The van der Waals surface area contributed by atoms with Crippen LogP contribution in [0, 0.1) is 0 Å². The third-order valence-electron chi connectivity index (χ3n) is 1.95. The van der Waals surface area contributed by atoms with E-state index in [9.17, 15) is 0 Å². The Labute approximate surface area is 107 Å². The topological polar surface area (TPSA) is 80.8 Å². The van der Waals surface area contributed by atoms with Gasteiger partial charge in [0.2, 0.25) is 5.13 Å². The molecule has 2 aromatic heterocycles. The molecule has 2 rings (SSSR count). The molecule has 2 N–H and O–H groups in total. The second-order valence-corrected chi connectivity index (χ2v) is 5.60.